The highest BCUT2D eigenvalue weighted by Gasteiger charge is 2.26. The predicted octanol–water partition coefficient (Wildman–Crippen LogP) is 1.93. The number of sulfonamides is 1. The quantitative estimate of drug-likeness (QED) is 0.903. The smallest absolute Gasteiger partial charge is 0.251 e. The van der Waals surface area contributed by atoms with Crippen molar-refractivity contribution in [1.29, 1.82) is 0 Å². The summed E-state index contributed by atoms with van der Waals surface area (Å²) in [5, 5.41) is 2.96. The molecule has 6 heteroatoms. The van der Waals surface area contributed by atoms with E-state index in [1.165, 1.54) is 10.6 Å². The standard InChI is InChI=1S/C15H22N2O3S/c1-4-5-11(2)16-15(18)13-6-7-14-12(10-13)8-9-17(14)21(3,19)20/h6-7,10-11H,4-5,8-9H2,1-3H3,(H,16,18). The van der Waals surface area contributed by atoms with E-state index in [0.29, 0.717) is 24.2 Å². The molecule has 1 amide bonds. The van der Waals surface area contributed by atoms with Crippen LogP contribution in [0.1, 0.15) is 42.6 Å². The molecule has 1 aliphatic rings. The first kappa shape index (κ1) is 15.8. The third-order valence-corrected chi connectivity index (χ3v) is 4.87. The number of anilines is 1. The number of hydrogen-bond donors (Lipinski definition) is 1. The van der Waals surface area contributed by atoms with Crippen LogP contribution in [-0.2, 0) is 16.4 Å². The van der Waals surface area contributed by atoms with Gasteiger partial charge in [0.25, 0.3) is 5.91 Å². The first-order valence-corrected chi connectivity index (χ1v) is 9.09. The largest absolute Gasteiger partial charge is 0.350 e. The molecular weight excluding hydrogens is 288 g/mol. The van der Waals surface area contributed by atoms with Crippen molar-refractivity contribution >= 4 is 21.6 Å². The average Bonchev–Trinajstić information content (AvgIpc) is 2.81. The van der Waals surface area contributed by atoms with Gasteiger partial charge < -0.3 is 5.32 Å². The number of carbonyl (C=O) groups excluding carboxylic acids is 1. The van der Waals surface area contributed by atoms with E-state index in [4.69, 9.17) is 0 Å². The van der Waals surface area contributed by atoms with Crippen molar-refractivity contribution < 1.29 is 13.2 Å². The van der Waals surface area contributed by atoms with E-state index in [1.54, 1.807) is 18.2 Å². The Labute approximate surface area is 126 Å². The molecule has 0 radical (unpaired) electrons. The van der Waals surface area contributed by atoms with Crippen LogP contribution in [0.2, 0.25) is 0 Å². The summed E-state index contributed by atoms with van der Waals surface area (Å²) >= 11 is 0. The number of amides is 1. The number of nitrogens with zero attached hydrogens (tertiary/aromatic N) is 1. The van der Waals surface area contributed by atoms with Crippen LogP contribution in [0.5, 0.6) is 0 Å². The van der Waals surface area contributed by atoms with Gasteiger partial charge in [-0.3, -0.25) is 9.10 Å². The van der Waals surface area contributed by atoms with Gasteiger partial charge in [0.05, 0.1) is 11.9 Å². The summed E-state index contributed by atoms with van der Waals surface area (Å²) in [6, 6.07) is 5.36. The van der Waals surface area contributed by atoms with E-state index in [9.17, 15) is 13.2 Å². The van der Waals surface area contributed by atoms with Crippen molar-refractivity contribution in [2.45, 2.75) is 39.2 Å². The lowest BCUT2D eigenvalue weighted by Gasteiger charge is -2.17. The monoisotopic (exact) mass is 310 g/mol. The molecule has 0 aromatic heterocycles. The SMILES string of the molecule is CCCC(C)NC(=O)c1ccc2c(c1)CCN2S(C)(=O)=O. The molecule has 21 heavy (non-hydrogen) atoms. The number of nitrogens with one attached hydrogen (secondary N) is 1. The molecule has 1 aliphatic heterocycles. The summed E-state index contributed by atoms with van der Waals surface area (Å²) in [7, 11) is -3.24. The van der Waals surface area contributed by atoms with Gasteiger partial charge >= 0.3 is 0 Å². The molecule has 0 saturated heterocycles. The van der Waals surface area contributed by atoms with E-state index in [-0.39, 0.29) is 11.9 Å². The number of benzene rings is 1. The molecule has 2 rings (SSSR count). The van der Waals surface area contributed by atoms with Crippen LogP contribution >= 0.6 is 0 Å². The second kappa shape index (κ2) is 6.05. The zero-order valence-electron chi connectivity index (χ0n) is 12.7. The highest BCUT2D eigenvalue weighted by Crippen LogP contribution is 2.30. The molecule has 1 heterocycles. The Morgan fingerprint density at radius 3 is 2.76 bits per heavy atom. The van der Waals surface area contributed by atoms with E-state index in [2.05, 4.69) is 12.2 Å². The van der Waals surface area contributed by atoms with Crippen molar-refractivity contribution in [3.8, 4) is 0 Å². The molecule has 0 saturated carbocycles. The summed E-state index contributed by atoms with van der Waals surface area (Å²) in [4.78, 5) is 12.2. The molecule has 1 N–H and O–H groups in total. The molecule has 1 aromatic carbocycles. The zero-order chi connectivity index (χ0) is 15.6. The van der Waals surface area contributed by atoms with Gasteiger partial charge in [0, 0.05) is 18.2 Å². The highest BCUT2D eigenvalue weighted by atomic mass is 32.2. The van der Waals surface area contributed by atoms with E-state index in [0.717, 1.165) is 18.4 Å². The van der Waals surface area contributed by atoms with Crippen LogP contribution in [0.15, 0.2) is 18.2 Å². The maximum Gasteiger partial charge on any atom is 0.251 e. The summed E-state index contributed by atoms with van der Waals surface area (Å²) in [6.45, 7) is 4.52. The molecule has 1 atom stereocenters. The zero-order valence-corrected chi connectivity index (χ0v) is 13.5. The molecule has 1 aromatic rings. The first-order valence-electron chi connectivity index (χ1n) is 7.24. The van der Waals surface area contributed by atoms with Crippen molar-refractivity contribution in [3.63, 3.8) is 0 Å². The van der Waals surface area contributed by atoms with Gasteiger partial charge in [-0.25, -0.2) is 8.42 Å². The Balaban J connectivity index is 2.18. The minimum absolute atomic E-state index is 0.100. The van der Waals surface area contributed by atoms with E-state index >= 15 is 0 Å². The molecule has 0 bridgehead atoms. The van der Waals surface area contributed by atoms with Crippen LogP contribution in [0.3, 0.4) is 0 Å². The summed E-state index contributed by atoms with van der Waals surface area (Å²) in [5.41, 5.74) is 2.19. The minimum Gasteiger partial charge on any atom is -0.350 e. The van der Waals surface area contributed by atoms with Gasteiger partial charge in [0.1, 0.15) is 0 Å². The van der Waals surface area contributed by atoms with Crippen LogP contribution in [0.4, 0.5) is 5.69 Å². The molecule has 1 unspecified atom stereocenters. The first-order chi connectivity index (χ1) is 9.82. The van der Waals surface area contributed by atoms with E-state index in [1.807, 2.05) is 6.92 Å². The van der Waals surface area contributed by atoms with Gasteiger partial charge in [-0.2, -0.15) is 0 Å². The molecule has 116 valence electrons. The number of carbonyl (C=O) groups is 1. The lowest BCUT2D eigenvalue weighted by Crippen LogP contribution is -2.32. The number of fused-ring (bicyclic) bond motifs is 1. The van der Waals surface area contributed by atoms with Gasteiger partial charge in [0.15, 0.2) is 0 Å². The Morgan fingerprint density at radius 1 is 1.43 bits per heavy atom. The van der Waals surface area contributed by atoms with Crippen LogP contribution in [-0.4, -0.2) is 33.2 Å². The Hall–Kier alpha value is -1.56. The fourth-order valence-corrected chi connectivity index (χ4v) is 3.63. The summed E-state index contributed by atoms with van der Waals surface area (Å²) in [5.74, 6) is -0.100. The second-order valence-corrected chi connectivity index (χ2v) is 7.50. The Kier molecular flexibility index (Phi) is 4.56. The number of rotatable bonds is 5. The molecular formula is C15H22N2O3S. The highest BCUT2D eigenvalue weighted by molar-refractivity contribution is 7.92. The normalized spacial score (nSPS) is 15.7. The lowest BCUT2D eigenvalue weighted by atomic mass is 10.1. The predicted molar refractivity (Wildman–Crippen MR) is 84.2 cm³/mol. The van der Waals surface area contributed by atoms with Crippen molar-refractivity contribution in [2.75, 3.05) is 17.1 Å². The topological polar surface area (TPSA) is 66.5 Å². The van der Waals surface area contributed by atoms with Crippen molar-refractivity contribution in [3.05, 3.63) is 29.3 Å². The Morgan fingerprint density at radius 2 is 2.14 bits per heavy atom. The van der Waals surface area contributed by atoms with Gasteiger partial charge in [0.2, 0.25) is 10.0 Å². The lowest BCUT2D eigenvalue weighted by molar-refractivity contribution is 0.0938. The summed E-state index contributed by atoms with van der Waals surface area (Å²) < 4.78 is 24.8. The fourth-order valence-electron chi connectivity index (χ4n) is 2.67. The van der Waals surface area contributed by atoms with Gasteiger partial charge in [-0.05, 0) is 43.5 Å². The van der Waals surface area contributed by atoms with Gasteiger partial charge in [-0.15, -0.1) is 0 Å². The maximum atomic E-state index is 12.2. The molecule has 0 aliphatic carbocycles. The average molecular weight is 310 g/mol. The summed E-state index contributed by atoms with van der Waals surface area (Å²) in [6.07, 6.45) is 3.82. The number of hydrogen-bond acceptors (Lipinski definition) is 3. The van der Waals surface area contributed by atoms with Crippen LogP contribution in [0, 0.1) is 0 Å². The maximum absolute atomic E-state index is 12.2. The van der Waals surface area contributed by atoms with Crippen LogP contribution < -0.4 is 9.62 Å². The second-order valence-electron chi connectivity index (χ2n) is 5.59. The van der Waals surface area contributed by atoms with Crippen LogP contribution in [0.25, 0.3) is 0 Å². The van der Waals surface area contributed by atoms with Gasteiger partial charge in [-0.1, -0.05) is 13.3 Å². The molecule has 0 fully saturated rings. The van der Waals surface area contributed by atoms with E-state index < -0.39 is 10.0 Å². The fraction of sp³-hybridized carbons (Fsp3) is 0.533. The minimum atomic E-state index is -3.24. The third-order valence-electron chi connectivity index (χ3n) is 3.69. The Bertz CT molecular complexity index is 640. The molecule has 0 spiro atoms. The van der Waals surface area contributed by atoms with Crippen molar-refractivity contribution in [1.82, 2.24) is 5.32 Å². The third kappa shape index (κ3) is 3.56. The van der Waals surface area contributed by atoms with Crippen molar-refractivity contribution in [2.24, 2.45) is 0 Å². The molecule has 5 nitrogen and oxygen atoms in total.